The first-order valence-corrected chi connectivity index (χ1v) is 5.69. The highest BCUT2D eigenvalue weighted by atomic mass is 32.1. The van der Waals surface area contributed by atoms with Crippen LogP contribution in [0, 0.1) is 10.7 Å². The quantitative estimate of drug-likeness (QED) is 0.591. The van der Waals surface area contributed by atoms with Crippen molar-refractivity contribution in [3.63, 3.8) is 0 Å². The summed E-state index contributed by atoms with van der Waals surface area (Å²) in [7, 11) is 0. The van der Waals surface area contributed by atoms with Crippen molar-refractivity contribution in [2.45, 2.75) is 6.18 Å². The molecule has 0 radical (unpaired) electrons. The van der Waals surface area contributed by atoms with Crippen LogP contribution >= 0.6 is 12.6 Å². The molecule has 2 aromatic carbocycles. The lowest BCUT2D eigenvalue weighted by Gasteiger charge is -2.07. The Labute approximate surface area is 114 Å². The van der Waals surface area contributed by atoms with Crippen LogP contribution in [0.4, 0.5) is 13.2 Å². The van der Waals surface area contributed by atoms with Crippen molar-refractivity contribution in [3.05, 3.63) is 60.2 Å². The van der Waals surface area contributed by atoms with Gasteiger partial charge in [-0.05, 0) is 23.3 Å². The SMILES string of the molecule is FC(F)(F)c1ccc(-c2ccccc2)cc1.N#CS. The average molecular weight is 281 g/mol. The number of nitriles is 1. The van der Waals surface area contributed by atoms with E-state index < -0.39 is 11.7 Å². The van der Waals surface area contributed by atoms with Gasteiger partial charge in [0.05, 0.1) is 5.56 Å². The molecule has 0 saturated carbocycles. The van der Waals surface area contributed by atoms with Crippen LogP contribution in [-0.4, -0.2) is 0 Å². The molecule has 2 aromatic rings. The molecule has 0 aromatic heterocycles. The monoisotopic (exact) mass is 281 g/mol. The Balaban J connectivity index is 0.000000550. The lowest BCUT2D eigenvalue weighted by Crippen LogP contribution is -2.03. The third-order valence-corrected chi connectivity index (χ3v) is 2.32. The molecule has 5 heteroatoms. The molecule has 1 nitrogen and oxygen atoms in total. The molecule has 0 amide bonds. The number of thiol groups is 1. The Morgan fingerprint density at radius 2 is 1.26 bits per heavy atom. The first-order chi connectivity index (χ1) is 8.99. The second kappa shape index (κ2) is 6.86. The fraction of sp³-hybridized carbons (Fsp3) is 0.0714. The summed E-state index contributed by atoms with van der Waals surface area (Å²) < 4.78 is 37.0. The van der Waals surface area contributed by atoms with Gasteiger partial charge in [-0.3, -0.25) is 0 Å². The van der Waals surface area contributed by atoms with Gasteiger partial charge in [0.2, 0.25) is 0 Å². The van der Waals surface area contributed by atoms with E-state index in [4.69, 9.17) is 5.26 Å². The molecule has 0 unspecified atom stereocenters. The van der Waals surface area contributed by atoms with Gasteiger partial charge in [0.15, 0.2) is 0 Å². The number of thiocyanates is 1. The zero-order valence-corrected chi connectivity index (χ0v) is 10.6. The fourth-order valence-corrected chi connectivity index (χ4v) is 1.48. The molecule has 0 aliphatic carbocycles. The predicted octanol–water partition coefficient (Wildman–Crippen LogP) is 4.77. The molecule has 0 N–H and O–H groups in total. The maximum atomic E-state index is 12.3. The Bertz CT molecular complexity index is 542. The molecule has 0 aliphatic heterocycles. The summed E-state index contributed by atoms with van der Waals surface area (Å²) in [5.41, 5.74) is 1.08. The minimum Gasteiger partial charge on any atom is -0.185 e. The predicted molar refractivity (Wildman–Crippen MR) is 71.5 cm³/mol. The zero-order chi connectivity index (χ0) is 14.3. The van der Waals surface area contributed by atoms with Crippen molar-refractivity contribution in [3.8, 4) is 16.5 Å². The van der Waals surface area contributed by atoms with E-state index in [0.717, 1.165) is 23.3 Å². The van der Waals surface area contributed by atoms with Crippen molar-refractivity contribution in [1.82, 2.24) is 0 Å². The maximum Gasteiger partial charge on any atom is 0.416 e. The first-order valence-electron chi connectivity index (χ1n) is 5.25. The molecule has 0 atom stereocenters. The number of halogens is 3. The van der Waals surface area contributed by atoms with Gasteiger partial charge in [-0.1, -0.05) is 55.1 Å². The van der Waals surface area contributed by atoms with Crippen LogP contribution in [0.15, 0.2) is 54.6 Å². The molecule has 2 rings (SSSR count). The van der Waals surface area contributed by atoms with Gasteiger partial charge in [0.25, 0.3) is 0 Å². The van der Waals surface area contributed by atoms with Crippen molar-refractivity contribution in [2.75, 3.05) is 0 Å². The van der Waals surface area contributed by atoms with E-state index >= 15 is 0 Å². The Hall–Kier alpha value is -1.93. The highest BCUT2D eigenvalue weighted by molar-refractivity contribution is 7.85. The minimum absolute atomic E-state index is 0.618. The van der Waals surface area contributed by atoms with E-state index in [1.165, 1.54) is 17.5 Å². The summed E-state index contributed by atoms with van der Waals surface area (Å²) in [5, 5.41) is 8.63. The smallest absolute Gasteiger partial charge is 0.185 e. The van der Waals surface area contributed by atoms with E-state index in [9.17, 15) is 13.2 Å². The third-order valence-electron chi connectivity index (χ3n) is 2.32. The van der Waals surface area contributed by atoms with Crippen LogP contribution in [0.3, 0.4) is 0 Å². The molecule has 0 heterocycles. The van der Waals surface area contributed by atoms with Gasteiger partial charge in [0.1, 0.15) is 5.40 Å². The Morgan fingerprint density at radius 3 is 1.68 bits per heavy atom. The molecule has 0 aliphatic rings. The van der Waals surface area contributed by atoms with Gasteiger partial charge in [-0.2, -0.15) is 18.4 Å². The van der Waals surface area contributed by atoms with Gasteiger partial charge in [-0.15, -0.1) is 0 Å². The standard InChI is InChI=1S/C13H9F3.CHNS/c14-13(15,16)12-8-6-11(7-9-12)10-4-2-1-3-5-10;2-1-3/h1-9H;3H. The van der Waals surface area contributed by atoms with Crippen molar-refractivity contribution in [2.24, 2.45) is 0 Å². The van der Waals surface area contributed by atoms with Crippen LogP contribution in [0.2, 0.25) is 0 Å². The zero-order valence-electron chi connectivity index (χ0n) is 9.72. The van der Waals surface area contributed by atoms with Crippen LogP contribution in [0.1, 0.15) is 5.56 Å². The number of rotatable bonds is 1. The normalized spacial score (nSPS) is 10.1. The van der Waals surface area contributed by atoms with Crippen molar-refractivity contribution < 1.29 is 13.2 Å². The summed E-state index contributed by atoms with van der Waals surface area (Å²) >= 11 is 3.09. The first kappa shape index (κ1) is 15.1. The highest BCUT2D eigenvalue weighted by Crippen LogP contribution is 2.30. The van der Waals surface area contributed by atoms with Crippen LogP contribution in [0.5, 0.6) is 0 Å². The molecular weight excluding hydrogens is 271 g/mol. The number of alkyl halides is 3. The lowest BCUT2D eigenvalue weighted by atomic mass is 10.0. The van der Waals surface area contributed by atoms with Gasteiger partial charge >= 0.3 is 6.18 Å². The average Bonchev–Trinajstić information content (AvgIpc) is 2.40. The van der Waals surface area contributed by atoms with Crippen LogP contribution < -0.4 is 0 Å². The largest absolute Gasteiger partial charge is 0.416 e. The summed E-state index contributed by atoms with van der Waals surface area (Å²) in [6.45, 7) is 0. The van der Waals surface area contributed by atoms with E-state index in [0.29, 0.717) is 0 Å². The third kappa shape index (κ3) is 4.68. The molecule has 98 valence electrons. The van der Waals surface area contributed by atoms with Gasteiger partial charge < -0.3 is 0 Å². The van der Waals surface area contributed by atoms with Crippen molar-refractivity contribution in [1.29, 1.82) is 5.26 Å². The van der Waals surface area contributed by atoms with Crippen LogP contribution in [0.25, 0.3) is 11.1 Å². The molecular formula is C14H10F3NS. The second-order valence-corrected chi connectivity index (χ2v) is 3.74. The fourth-order valence-electron chi connectivity index (χ4n) is 1.48. The van der Waals surface area contributed by atoms with E-state index in [2.05, 4.69) is 12.6 Å². The van der Waals surface area contributed by atoms with Gasteiger partial charge in [0, 0.05) is 0 Å². The van der Waals surface area contributed by atoms with E-state index in [1.54, 1.807) is 0 Å². The number of hydrogen-bond donors (Lipinski definition) is 1. The summed E-state index contributed by atoms with van der Waals surface area (Å²) in [6, 6.07) is 14.5. The number of hydrogen-bond acceptors (Lipinski definition) is 2. The van der Waals surface area contributed by atoms with E-state index in [1.807, 2.05) is 30.3 Å². The lowest BCUT2D eigenvalue weighted by molar-refractivity contribution is -0.137. The molecule has 19 heavy (non-hydrogen) atoms. The molecule has 0 saturated heterocycles. The number of benzene rings is 2. The van der Waals surface area contributed by atoms with Gasteiger partial charge in [-0.25, -0.2) is 0 Å². The summed E-state index contributed by atoms with van der Waals surface area (Å²) in [5.74, 6) is 0. The summed E-state index contributed by atoms with van der Waals surface area (Å²) in [6.07, 6.45) is -4.27. The molecule has 0 spiro atoms. The Morgan fingerprint density at radius 1 is 0.842 bits per heavy atom. The van der Waals surface area contributed by atoms with Crippen molar-refractivity contribution >= 4 is 12.6 Å². The minimum atomic E-state index is -4.27. The molecule has 0 fully saturated rings. The van der Waals surface area contributed by atoms with E-state index in [-0.39, 0.29) is 0 Å². The topological polar surface area (TPSA) is 23.8 Å². The second-order valence-electron chi connectivity index (χ2n) is 3.54. The number of nitrogens with zero attached hydrogens (tertiary/aromatic N) is 1. The molecule has 0 bridgehead atoms. The highest BCUT2D eigenvalue weighted by Gasteiger charge is 2.29. The maximum absolute atomic E-state index is 12.3. The van der Waals surface area contributed by atoms with Crippen LogP contribution in [-0.2, 0) is 6.18 Å². The summed E-state index contributed by atoms with van der Waals surface area (Å²) in [4.78, 5) is 0. The Kier molecular flexibility index (Phi) is 5.46.